The largest absolute Gasteiger partial charge is 0.497 e. The molecule has 2 aromatic heterocycles. The van der Waals surface area contributed by atoms with Crippen molar-refractivity contribution in [2.75, 3.05) is 7.11 Å². The lowest BCUT2D eigenvalue weighted by molar-refractivity contribution is 0.415. The van der Waals surface area contributed by atoms with Crippen LogP contribution in [-0.2, 0) is 6.54 Å². The summed E-state index contributed by atoms with van der Waals surface area (Å²) in [6.07, 6.45) is 0. The summed E-state index contributed by atoms with van der Waals surface area (Å²) >= 11 is 1.55. The molecule has 4 aromatic rings. The highest BCUT2D eigenvalue weighted by Gasteiger charge is 2.21. The number of fused-ring (bicyclic) bond motifs is 1. The fraction of sp³-hybridized carbons (Fsp3) is 0.240. The van der Waals surface area contributed by atoms with Crippen molar-refractivity contribution in [1.82, 2.24) is 9.55 Å². The van der Waals surface area contributed by atoms with E-state index >= 15 is 0 Å². The highest BCUT2D eigenvalue weighted by Crippen LogP contribution is 2.37. The predicted octanol–water partition coefficient (Wildman–Crippen LogP) is 5.49. The van der Waals surface area contributed by atoms with Gasteiger partial charge in [-0.05, 0) is 42.3 Å². The molecule has 0 aliphatic heterocycles. The zero-order valence-corrected chi connectivity index (χ0v) is 18.8. The van der Waals surface area contributed by atoms with Crippen molar-refractivity contribution >= 4 is 21.6 Å². The molecule has 5 nitrogen and oxygen atoms in total. The number of nitriles is 1. The summed E-state index contributed by atoms with van der Waals surface area (Å²) in [4.78, 5) is 20.5. The molecule has 0 saturated carbocycles. The highest BCUT2D eigenvalue weighted by molar-refractivity contribution is 7.19. The zero-order valence-electron chi connectivity index (χ0n) is 18.0. The van der Waals surface area contributed by atoms with Gasteiger partial charge in [-0.1, -0.05) is 38.1 Å². The van der Waals surface area contributed by atoms with E-state index in [0.717, 1.165) is 38.0 Å². The number of aromatic nitrogens is 2. The maximum absolute atomic E-state index is 13.8. The summed E-state index contributed by atoms with van der Waals surface area (Å²) < 4.78 is 7.14. The van der Waals surface area contributed by atoms with Gasteiger partial charge in [0, 0.05) is 16.4 Å². The van der Waals surface area contributed by atoms with Crippen LogP contribution < -0.4 is 10.3 Å². The molecule has 0 radical (unpaired) electrons. The molecule has 0 bridgehead atoms. The van der Waals surface area contributed by atoms with Gasteiger partial charge in [0.05, 0.1) is 30.7 Å². The Hall–Kier alpha value is -3.43. The average Bonchev–Trinajstić information content (AvgIpc) is 3.11. The molecule has 0 aliphatic rings. The quantitative estimate of drug-likeness (QED) is 0.421. The lowest BCUT2D eigenvalue weighted by Crippen LogP contribution is -2.26. The van der Waals surface area contributed by atoms with E-state index in [2.05, 4.69) is 6.07 Å². The Morgan fingerprint density at radius 3 is 2.68 bits per heavy atom. The van der Waals surface area contributed by atoms with Gasteiger partial charge in [-0.25, -0.2) is 4.98 Å². The molecule has 0 atom stereocenters. The van der Waals surface area contributed by atoms with E-state index in [1.165, 1.54) is 0 Å². The summed E-state index contributed by atoms with van der Waals surface area (Å²) in [6, 6.07) is 17.3. The number of hydrogen-bond donors (Lipinski definition) is 0. The SMILES string of the molecule is COc1cccc(-c2c(C)sc3nc(C(C)C)n(Cc4cccc(C#N)c4)c(=O)c23)c1. The number of aryl methyl sites for hydroxylation is 1. The Balaban J connectivity index is 1.97. The maximum atomic E-state index is 13.8. The van der Waals surface area contributed by atoms with Gasteiger partial charge in [-0.15, -0.1) is 11.3 Å². The van der Waals surface area contributed by atoms with E-state index in [0.29, 0.717) is 17.5 Å². The van der Waals surface area contributed by atoms with E-state index in [1.54, 1.807) is 29.1 Å². The topological polar surface area (TPSA) is 67.9 Å². The number of thiophene rings is 1. The third-order valence-electron chi connectivity index (χ3n) is 5.29. The Morgan fingerprint density at radius 1 is 1.19 bits per heavy atom. The number of benzene rings is 2. The molecule has 0 amide bonds. The van der Waals surface area contributed by atoms with Crippen molar-refractivity contribution < 1.29 is 4.74 Å². The van der Waals surface area contributed by atoms with Crippen molar-refractivity contribution in [1.29, 1.82) is 5.26 Å². The van der Waals surface area contributed by atoms with Gasteiger partial charge in [0.1, 0.15) is 16.4 Å². The smallest absolute Gasteiger partial charge is 0.263 e. The van der Waals surface area contributed by atoms with E-state index in [1.807, 2.05) is 63.2 Å². The lowest BCUT2D eigenvalue weighted by atomic mass is 10.0. The standard InChI is InChI=1S/C25H23N3O2S/c1-15(2)23-27-24-22(21(16(3)31-24)19-9-6-10-20(12-19)30-4)25(29)28(23)14-18-8-5-7-17(11-18)13-26/h5-12,15H,14H2,1-4H3. The molecule has 2 heterocycles. The first-order valence-corrected chi connectivity index (χ1v) is 10.9. The summed E-state index contributed by atoms with van der Waals surface area (Å²) in [5.41, 5.74) is 3.27. The van der Waals surface area contributed by atoms with Crippen molar-refractivity contribution in [3.05, 3.63) is 80.7 Å². The van der Waals surface area contributed by atoms with E-state index in [4.69, 9.17) is 9.72 Å². The minimum Gasteiger partial charge on any atom is -0.497 e. The molecule has 31 heavy (non-hydrogen) atoms. The van der Waals surface area contributed by atoms with Gasteiger partial charge in [0.25, 0.3) is 5.56 Å². The predicted molar refractivity (Wildman–Crippen MR) is 125 cm³/mol. The molecule has 0 unspecified atom stereocenters. The minimum absolute atomic E-state index is 0.0572. The fourth-order valence-corrected chi connectivity index (χ4v) is 4.89. The molecule has 0 N–H and O–H groups in total. The molecule has 4 rings (SSSR count). The molecule has 0 spiro atoms. The Labute approximate surface area is 185 Å². The van der Waals surface area contributed by atoms with Gasteiger partial charge in [-0.3, -0.25) is 9.36 Å². The van der Waals surface area contributed by atoms with Gasteiger partial charge in [0.2, 0.25) is 0 Å². The van der Waals surface area contributed by atoms with Gasteiger partial charge < -0.3 is 4.74 Å². The number of ether oxygens (including phenoxy) is 1. The van der Waals surface area contributed by atoms with Crippen LogP contribution in [-0.4, -0.2) is 16.7 Å². The van der Waals surface area contributed by atoms with E-state index in [-0.39, 0.29) is 11.5 Å². The van der Waals surface area contributed by atoms with Gasteiger partial charge in [-0.2, -0.15) is 5.26 Å². The normalized spacial score (nSPS) is 11.1. The molecule has 0 aliphatic carbocycles. The number of nitrogens with zero attached hydrogens (tertiary/aromatic N) is 3. The zero-order chi connectivity index (χ0) is 22.1. The third-order valence-corrected chi connectivity index (χ3v) is 6.29. The molecular weight excluding hydrogens is 406 g/mol. The van der Waals surface area contributed by atoms with Gasteiger partial charge >= 0.3 is 0 Å². The molecule has 0 fully saturated rings. The molecule has 0 saturated heterocycles. The first-order chi connectivity index (χ1) is 14.9. The first kappa shape index (κ1) is 20.8. The van der Waals surface area contributed by atoms with Crippen LogP contribution in [0.2, 0.25) is 0 Å². The average molecular weight is 430 g/mol. The number of methoxy groups -OCH3 is 1. The van der Waals surface area contributed by atoms with E-state index < -0.39 is 0 Å². The van der Waals surface area contributed by atoms with E-state index in [9.17, 15) is 10.1 Å². The number of rotatable bonds is 5. The monoisotopic (exact) mass is 429 g/mol. The second-order valence-electron chi connectivity index (χ2n) is 7.77. The molecular formula is C25H23N3O2S. The lowest BCUT2D eigenvalue weighted by Gasteiger charge is -2.15. The Bertz CT molecular complexity index is 1380. The van der Waals surface area contributed by atoms with Crippen LogP contribution in [0.25, 0.3) is 21.3 Å². The molecule has 156 valence electrons. The summed E-state index contributed by atoms with van der Waals surface area (Å²) in [6.45, 7) is 6.48. The molecule has 2 aromatic carbocycles. The van der Waals surface area contributed by atoms with Gasteiger partial charge in [0.15, 0.2) is 0 Å². The van der Waals surface area contributed by atoms with Crippen LogP contribution in [0.4, 0.5) is 0 Å². The van der Waals surface area contributed by atoms with Crippen LogP contribution in [0.1, 0.15) is 41.6 Å². The van der Waals surface area contributed by atoms with Crippen LogP contribution in [0.15, 0.2) is 53.3 Å². The van der Waals surface area contributed by atoms with Crippen molar-refractivity contribution in [2.24, 2.45) is 0 Å². The third kappa shape index (κ3) is 3.85. The second-order valence-corrected chi connectivity index (χ2v) is 8.98. The first-order valence-electron chi connectivity index (χ1n) is 10.1. The minimum atomic E-state index is -0.0572. The van der Waals surface area contributed by atoms with Crippen LogP contribution in [0, 0.1) is 18.3 Å². The van der Waals surface area contributed by atoms with Crippen molar-refractivity contribution in [3.8, 4) is 22.9 Å². The summed E-state index contributed by atoms with van der Waals surface area (Å²) in [5.74, 6) is 1.58. The summed E-state index contributed by atoms with van der Waals surface area (Å²) in [5, 5.41) is 9.87. The Morgan fingerprint density at radius 2 is 1.97 bits per heavy atom. The second kappa shape index (κ2) is 8.37. The van der Waals surface area contributed by atoms with Crippen molar-refractivity contribution in [2.45, 2.75) is 33.2 Å². The highest BCUT2D eigenvalue weighted by atomic mass is 32.1. The van der Waals surface area contributed by atoms with Crippen LogP contribution in [0.3, 0.4) is 0 Å². The van der Waals surface area contributed by atoms with Crippen molar-refractivity contribution in [3.63, 3.8) is 0 Å². The Kier molecular flexibility index (Phi) is 5.62. The maximum Gasteiger partial charge on any atom is 0.263 e. The summed E-state index contributed by atoms with van der Waals surface area (Å²) in [7, 11) is 1.64. The van der Waals surface area contributed by atoms with Crippen LogP contribution >= 0.6 is 11.3 Å². The fourth-order valence-electron chi connectivity index (χ4n) is 3.85. The number of hydrogen-bond acceptors (Lipinski definition) is 5. The molecule has 6 heteroatoms. The van der Waals surface area contributed by atoms with Crippen LogP contribution in [0.5, 0.6) is 5.75 Å².